The van der Waals surface area contributed by atoms with Gasteiger partial charge in [0.2, 0.25) is 5.88 Å². The molecular weight excluding hydrogens is 492 g/mol. The number of piperazine rings is 1. The lowest BCUT2D eigenvalue weighted by Gasteiger charge is -2.34. The number of pyridine rings is 2. The van der Waals surface area contributed by atoms with Crippen molar-refractivity contribution in [2.24, 2.45) is 0 Å². The van der Waals surface area contributed by atoms with E-state index >= 15 is 0 Å². The van der Waals surface area contributed by atoms with E-state index in [9.17, 15) is 9.90 Å². The zero-order valence-corrected chi connectivity index (χ0v) is 21.5. The molecule has 1 saturated heterocycles. The maximum Gasteiger partial charge on any atom is 0.254 e. The zero-order chi connectivity index (χ0) is 26.8. The number of fused-ring (bicyclic) bond motifs is 1. The first kappa shape index (κ1) is 24.6. The van der Waals surface area contributed by atoms with Gasteiger partial charge in [0.1, 0.15) is 11.6 Å². The summed E-state index contributed by atoms with van der Waals surface area (Å²) in [6.45, 7) is 3.71. The first-order chi connectivity index (χ1) is 19.1. The molecule has 0 aliphatic carbocycles. The second-order valence-corrected chi connectivity index (χ2v) is 9.50. The maximum absolute atomic E-state index is 13.3. The molecule has 4 heterocycles. The highest BCUT2D eigenvalue weighted by molar-refractivity contribution is 5.98. The molecule has 5 aromatic rings. The summed E-state index contributed by atoms with van der Waals surface area (Å²) in [6, 6.07) is 20.5. The third kappa shape index (κ3) is 5.04. The number of hydrogen-bond acceptors (Lipinski definition) is 7. The Morgan fingerprint density at radius 1 is 0.949 bits per heavy atom. The smallest absolute Gasteiger partial charge is 0.254 e. The molecule has 39 heavy (non-hydrogen) atoms. The van der Waals surface area contributed by atoms with Crippen molar-refractivity contribution >= 4 is 16.9 Å². The predicted octanol–water partition coefficient (Wildman–Crippen LogP) is 4.36. The average molecular weight is 521 g/mol. The van der Waals surface area contributed by atoms with Crippen molar-refractivity contribution < 1.29 is 14.6 Å². The molecule has 0 bridgehead atoms. The van der Waals surface area contributed by atoms with Crippen LogP contribution in [0.2, 0.25) is 0 Å². The lowest BCUT2D eigenvalue weighted by Crippen LogP contribution is -2.48. The number of carbonyl (C=O) groups is 1. The van der Waals surface area contributed by atoms with Gasteiger partial charge in [-0.05, 0) is 60.2 Å². The van der Waals surface area contributed by atoms with Crippen LogP contribution < -0.4 is 4.74 Å². The van der Waals surface area contributed by atoms with Crippen LogP contribution in [0.25, 0.3) is 33.5 Å². The second-order valence-electron chi connectivity index (χ2n) is 9.50. The topological polar surface area (TPSA) is 107 Å². The molecule has 1 aliphatic rings. The van der Waals surface area contributed by atoms with Crippen molar-refractivity contribution in [1.82, 2.24) is 29.7 Å². The summed E-state index contributed by atoms with van der Waals surface area (Å²) in [5.74, 6) is 1.11. The van der Waals surface area contributed by atoms with Crippen LogP contribution >= 0.6 is 0 Å². The molecule has 0 spiro atoms. The Morgan fingerprint density at radius 2 is 1.79 bits per heavy atom. The standard InChI is InChI=1S/C30H28N6O3/c1-39-29-23(6-4-12-32-29)20-8-10-27(37)24(17-20)28-33-25-9-7-21(18-26(25)34-28)30(38)36-15-13-35(14-16-36)19-22-5-2-3-11-31-22/h2-12,17-18,37H,13-16,19H2,1H3,(H,33,34). The number of H-pyrrole nitrogens is 1. The highest BCUT2D eigenvalue weighted by Gasteiger charge is 2.23. The van der Waals surface area contributed by atoms with Crippen LogP contribution in [0.3, 0.4) is 0 Å². The minimum Gasteiger partial charge on any atom is -0.507 e. The average Bonchev–Trinajstić information content (AvgIpc) is 3.41. The molecule has 2 N–H and O–H groups in total. The van der Waals surface area contributed by atoms with E-state index in [4.69, 9.17) is 4.74 Å². The van der Waals surface area contributed by atoms with Crippen LogP contribution in [0, 0.1) is 0 Å². The monoisotopic (exact) mass is 520 g/mol. The first-order valence-corrected chi connectivity index (χ1v) is 12.8. The summed E-state index contributed by atoms with van der Waals surface area (Å²) >= 11 is 0. The highest BCUT2D eigenvalue weighted by atomic mass is 16.5. The van der Waals surface area contributed by atoms with Crippen molar-refractivity contribution in [2.75, 3.05) is 33.3 Å². The van der Waals surface area contributed by atoms with Gasteiger partial charge in [-0.2, -0.15) is 0 Å². The van der Waals surface area contributed by atoms with Gasteiger partial charge in [0, 0.05) is 56.2 Å². The molecule has 9 heteroatoms. The van der Waals surface area contributed by atoms with Gasteiger partial charge in [0.15, 0.2) is 0 Å². The second kappa shape index (κ2) is 10.5. The van der Waals surface area contributed by atoms with Crippen LogP contribution in [-0.4, -0.2) is 74.0 Å². The van der Waals surface area contributed by atoms with Gasteiger partial charge in [-0.15, -0.1) is 0 Å². The number of hydrogen-bond donors (Lipinski definition) is 2. The van der Waals surface area contributed by atoms with E-state index < -0.39 is 0 Å². The van der Waals surface area contributed by atoms with Gasteiger partial charge < -0.3 is 19.7 Å². The molecule has 2 aromatic carbocycles. The molecule has 9 nitrogen and oxygen atoms in total. The number of benzene rings is 2. The number of nitrogens with zero attached hydrogens (tertiary/aromatic N) is 5. The fraction of sp³-hybridized carbons (Fsp3) is 0.200. The van der Waals surface area contributed by atoms with Gasteiger partial charge >= 0.3 is 0 Å². The third-order valence-corrected chi connectivity index (χ3v) is 7.03. The summed E-state index contributed by atoms with van der Waals surface area (Å²) < 4.78 is 5.40. The number of aromatic nitrogens is 4. The number of phenols is 1. The Morgan fingerprint density at radius 3 is 2.59 bits per heavy atom. The normalized spacial score (nSPS) is 14.0. The highest BCUT2D eigenvalue weighted by Crippen LogP contribution is 2.35. The van der Waals surface area contributed by atoms with E-state index in [0.29, 0.717) is 41.4 Å². The van der Waals surface area contributed by atoms with Gasteiger partial charge in [-0.25, -0.2) is 9.97 Å². The lowest BCUT2D eigenvalue weighted by atomic mass is 10.0. The summed E-state index contributed by atoms with van der Waals surface area (Å²) in [4.78, 5) is 34.2. The maximum atomic E-state index is 13.3. The van der Waals surface area contributed by atoms with Crippen molar-refractivity contribution in [2.45, 2.75) is 6.54 Å². The van der Waals surface area contributed by atoms with Crippen LogP contribution in [0.5, 0.6) is 11.6 Å². The summed E-state index contributed by atoms with van der Waals surface area (Å²) in [5.41, 5.74) is 5.28. The predicted molar refractivity (Wildman–Crippen MR) is 148 cm³/mol. The molecule has 0 saturated carbocycles. The van der Waals surface area contributed by atoms with Gasteiger partial charge in [0.25, 0.3) is 5.91 Å². The number of imidazole rings is 1. The fourth-order valence-corrected chi connectivity index (χ4v) is 4.95. The van der Waals surface area contributed by atoms with E-state index in [-0.39, 0.29) is 11.7 Å². The number of rotatable bonds is 6. The summed E-state index contributed by atoms with van der Waals surface area (Å²) in [7, 11) is 1.58. The summed E-state index contributed by atoms with van der Waals surface area (Å²) in [6.07, 6.45) is 3.48. The van der Waals surface area contributed by atoms with Crippen LogP contribution in [0.4, 0.5) is 0 Å². The van der Waals surface area contributed by atoms with E-state index in [1.807, 2.05) is 71.8 Å². The molecule has 196 valence electrons. The Hall–Kier alpha value is -4.76. The number of amides is 1. The van der Waals surface area contributed by atoms with Crippen molar-refractivity contribution in [3.63, 3.8) is 0 Å². The fourth-order valence-electron chi connectivity index (χ4n) is 4.95. The molecule has 6 rings (SSSR count). The number of aromatic hydroxyl groups is 1. The Bertz CT molecular complexity index is 1630. The third-order valence-electron chi connectivity index (χ3n) is 7.03. The van der Waals surface area contributed by atoms with Gasteiger partial charge in [0.05, 0.1) is 29.4 Å². The zero-order valence-electron chi connectivity index (χ0n) is 21.5. The number of ether oxygens (including phenoxy) is 1. The van der Waals surface area contributed by atoms with E-state index in [0.717, 1.165) is 42.0 Å². The van der Waals surface area contributed by atoms with Crippen molar-refractivity contribution in [3.8, 4) is 34.1 Å². The molecule has 0 atom stereocenters. The Labute approximate surface area is 225 Å². The molecule has 1 amide bonds. The van der Waals surface area contributed by atoms with E-state index in [1.165, 1.54) is 0 Å². The Kier molecular flexibility index (Phi) is 6.64. The number of carbonyl (C=O) groups excluding carboxylic acids is 1. The van der Waals surface area contributed by atoms with Gasteiger partial charge in [-0.1, -0.05) is 12.1 Å². The molecular formula is C30H28N6O3. The van der Waals surface area contributed by atoms with E-state index in [2.05, 4.69) is 24.8 Å². The molecule has 3 aromatic heterocycles. The Balaban J connectivity index is 1.20. The van der Waals surface area contributed by atoms with Gasteiger partial charge in [-0.3, -0.25) is 14.7 Å². The quantitative estimate of drug-likeness (QED) is 0.343. The number of phenolic OH excluding ortho intramolecular Hbond substituents is 1. The summed E-state index contributed by atoms with van der Waals surface area (Å²) in [5, 5.41) is 10.6. The first-order valence-electron chi connectivity index (χ1n) is 12.8. The number of nitrogens with one attached hydrogen (secondary N) is 1. The number of methoxy groups -OCH3 is 1. The molecule has 0 radical (unpaired) electrons. The number of aromatic amines is 1. The SMILES string of the molecule is COc1ncccc1-c1ccc(O)c(-c2nc3ccc(C(=O)N4CCN(Cc5ccccn5)CC4)cc3[nH]2)c1. The van der Waals surface area contributed by atoms with E-state index in [1.54, 1.807) is 19.4 Å². The van der Waals surface area contributed by atoms with Crippen molar-refractivity contribution in [3.05, 3.63) is 90.4 Å². The van der Waals surface area contributed by atoms with Crippen LogP contribution in [-0.2, 0) is 6.54 Å². The molecule has 1 aliphatic heterocycles. The van der Waals surface area contributed by atoms with Crippen LogP contribution in [0.1, 0.15) is 16.1 Å². The molecule has 0 unspecified atom stereocenters. The largest absolute Gasteiger partial charge is 0.507 e. The minimum absolute atomic E-state index is 0.000877. The lowest BCUT2D eigenvalue weighted by molar-refractivity contribution is 0.0627. The van der Waals surface area contributed by atoms with Crippen molar-refractivity contribution in [1.29, 1.82) is 0 Å². The molecule has 1 fully saturated rings. The van der Waals surface area contributed by atoms with Crippen LogP contribution in [0.15, 0.2) is 79.1 Å². The minimum atomic E-state index is -0.000877.